The zero-order valence-corrected chi connectivity index (χ0v) is 25.1. The molecule has 0 unspecified atom stereocenters. The van der Waals surface area contributed by atoms with Gasteiger partial charge in [-0.15, -0.1) is 0 Å². The summed E-state index contributed by atoms with van der Waals surface area (Å²) in [6, 6.07) is 21.7. The summed E-state index contributed by atoms with van der Waals surface area (Å²) < 4.78 is 28.8. The molecule has 0 aliphatic heterocycles. The summed E-state index contributed by atoms with van der Waals surface area (Å²) in [6.45, 7) is 7.40. The van der Waals surface area contributed by atoms with Crippen molar-refractivity contribution in [2.45, 2.75) is 63.9 Å². The van der Waals surface area contributed by atoms with Crippen molar-refractivity contribution in [3.8, 4) is 0 Å². The topological polar surface area (TPSA) is 86.8 Å². The zero-order chi connectivity index (χ0) is 29.3. The molecule has 2 amide bonds. The predicted molar refractivity (Wildman–Crippen MR) is 161 cm³/mol. The number of hydrogen-bond acceptors (Lipinski definition) is 4. The van der Waals surface area contributed by atoms with E-state index >= 15 is 0 Å². The number of carbonyl (C=O) groups is 2. The van der Waals surface area contributed by atoms with Crippen LogP contribution in [-0.4, -0.2) is 50.3 Å². The lowest BCUT2D eigenvalue weighted by Crippen LogP contribution is -2.54. The predicted octanol–water partition coefficient (Wildman–Crippen LogP) is 5.61. The van der Waals surface area contributed by atoms with Gasteiger partial charge >= 0.3 is 0 Å². The van der Waals surface area contributed by atoms with Crippen molar-refractivity contribution in [2.75, 3.05) is 17.4 Å². The third-order valence-electron chi connectivity index (χ3n) is 6.87. The van der Waals surface area contributed by atoms with E-state index in [-0.39, 0.29) is 23.4 Å². The van der Waals surface area contributed by atoms with Gasteiger partial charge in [0, 0.05) is 17.6 Å². The number of sulfonamides is 1. The minimum atomic E-state index is -4.11. The van der Waals surface area contributed by atoms with Crippen LogP contribution in [0, 0.1) is 6.92 Å². The highest BCUT2D eigenvalue weighted by molar-refractivity contribution is 7.92. The van der Waals surface area contributed by atoms with E-state index in [1.807, 2.05) is 58.0 Å². The highest BCUT2D eigenvalue weighted by Gasteiger charge is 2.33. The van der Waals surface area contributed by atoms with Gasteiger partial charge in [0.15, 0.2) is 0 Å². The van der Waals surface area contributed by atoms with Gasteiger partial charge in [-0.05, 0) is 75.1 Å². The van der Waals surface area contributed by atoms with Crippen molar-refractivity contribution >= 4 is 39.1 Å². The van der Waals surface area contributed by atoms with Crippen LogP contribution in [0.5, 0.6) is 0 Å². The summed E-state index contributed by atoms with van der Waals surface area (Å²) in [5.74, 6) is -0.717. The standard InChI is InChI=1S/C31H38ClN3O4S/c1-5-24(4)33-31(37)29(6-2)34(21-20-25-10-8-7-9-11-25)30(36)22-35(27-16-14-26(32)15-17-27)40(38,39)28-18-12-23(3)13-19-28/h7-19,24,29H,5-6,20-22H2,1-4H3,(H,33,37)/t24-,29-/m0/s1. The minimum Gasteiger partial charge on any atom is -0.352 e. The van der Waals surface area contributed by atoms with E-state index in [2.05, 4.69) is 5.32 Å². The molecular formula is C31H38ClN3O4S. The van der Waals surface area contributed by atoms with E-state index in [0.717, 1.165) is 21.9 Å². The van der Waals surface area contributed by atoms with Gasteiger partial charge in [0.1, 0.15) is 12.6 Å². The molecule has 3 rings (SSSR count). The molecule has 3 aromatic carbocycles. The Bertz CT molecular complexity index is 1360. The molecule has 0 aromatic heterocycles. The van der Waals surface area contributed by atoms with Crippen LogP contribution < -0.4 is 9.62 Å². The number of nitrogens with zero attached hydrogens (tertiary/aromatic N) is 2. The van der Waals surface area contributed by atoms with E-state index < -0.39 is 28.5 Å². The maximum Gasteiger partial charge on any atom is 0.264 e. The second kappa shape index (κ2) is 14.3. The monoisotopic (exact) mass is 583 g/mol. The zero-order valence-electron chi connectivity index (χ0n) is 23.5. The summed E-state index contributed by atoms with van der Waals surface area (Å²) in [5, 5.41) is 3.43. The summed E-state index contributed by atoms with van der Waals surface area (Å²) in [5.41, 5.74) is 2.23. The molecule has 9 heteroatoms. The SMILES string of the molecule is CC[C@H](C)NC(=O)[C@H](CC)N(CCc1ccccc1)C(=O)CN(c1ccc(Cl)cc1)S(=O)(=O)c1ccc(C)cc1. The average Bonchev–Trinajstić information content (AvgIpc) is 2.95. The van der Waals surface area contributed by atoms with Crippen LogP contribution in [0.1, 0.15) is 44.7 Å². The van der Waals surface area contributed by atoms with Crippen LogP contribution >= 0.6 is 11.6 Å². The Kier molecular flexibility index (Phi) is 11.2. The number of aryl methyl sites for hydroxylation is 1. The minimum absolute atomic E-state index is 0.0555. The number of amides is 2. The average molecular weight is 584 g/mol. The molecule has 214 valence electrons. The smallest absolute Gasteiger partial charge is 0.264 e. The fourth-order valence-electron chi connectivity index (χ4n) is 4.31. The van der Waals surface area contributed by atoms with Crippen LogP contribution in [-0.2, 0) is 26.0 Å². The van der Waals surface area contributed by atoms with Gasteiger partial charge in [-0.25, -0.2) is 8.42 Å². The van der Waals surface area contributed by atoms with Crippen LogP contribution in [0.15, 0.2) is 83.8 Å². The molecule has 0 saturated carbocycles. The van der Waals surface area contributed by atoms with E-state index in [0.29, 0.717) is 23.6 Å². The molecule has 0 bridgehead atoms. The molecule has 7 nitrogen and oxygen atoms in total. The summed E-state index contributed by atoms with van der Waals surface area (Å²) in [4.78, 5) is 28.9. The third-order valence-corrected chi connectivity index (χ3v) is 8.91. The molecule has 0 aliphatic rings. The first-order chi connectivity index (χ1) is 19.1. The maximum atomic E-state index is 14.0. The first-order valence-electron chi connectivity index (χ1n) is 13.6. The molecule has 0 heterocycles. The van der Waals surface area contributed by atoms with Gasteiger partial charge in [-0.2, -0.15) is 0 Å². The largest absolute Gasteiger partial charge is 0.352 e. The lowest BCUT2D eigenvalue weighted by Gasteiger charge is -2.33. The van der Waals surface area contributed by atoms with Crippen LogP contribution in [0.3, 0.4) is 0 Å². The Morgan fingerprint density at radius 3 is 2.10 bits per heavy atom. The van der Waals surface area contributed by atoms with E-state index in [1.54, 1.807) is 36.4 Å². The van der Waals surface area contributed by atoms with Gasteiger partial charge < -0.3 is 10.2 Å². The summed E-state index contributed by atoms with van der Waals surface area (Å²) in [7, 11) is -4.11. The lowest BCUT2D eigenvalue weighted by atomic mass is 10.1. The molecule has 0 radical (unpaired) electrons. The number of carbonyl (C=O) groups excluding carboxylic acids is 2. The van der Waals surface area contributed by atoms with Gasteiger partial charge in [0.2, 0.25) is 11.8 Å². The normalized spacial score (nSPS) is 12.8. The Labute approximate surface area is 243 Å². The van der Waals surface area contributed by atoms with Crippen molar-refractivity contribution in [3.05, 3.63) is 95.0 Å². The molecule has 40 heavy (non-hydrogen) atoms. The van der Waals surface area contributed by atoms with E-state index in [1.165, 1.54) is 17.0 Å². The first-order valence-corrected chi connectivity index (χ1v) is 15.4. The van der Waals surface area contributed by atoms with E-state index in [4.69, 9.17) is 11.6 Å². The van der Waals surface area contributed by atoms with Crippen LogP contribution in [0.4, 0.5) is 5.69 Å². The number of halogens is 1. The molecule has 2 atom stereocenters. The number of nitrogens with one attached hydrogen (secondary N) is 1. The molecule has 0 spiro atoms. The number of benzene rings is 3. The van der Waals surface area contributed by atoms with E-state index in [9.17, 15) is 18.0 Å². The maximum absolute atomic E-state index is 14.0. The Morgan fingerprint density at radius 2 is 1.52 bits per heavy atom. The molecular weight excluding hydrogens is 546 g/mol. The quantitative estimate of drug-likeness (QED) is 0.283. The van der Waals surface area contributed by atoms with Gasteiger partial charge in [0.25, 0.3) is 10.0 Å². The van der Waals surface area contributed by atoms with Crippen LogP contribution in [0.2, 0.25) is 5.02 Å². The highest BCUT2D eigenvalue weighted by Crippen LogP contribution is 2.26. The van der Waals surface area contributed by atoms with Crippen LogP contribution in [0.25, 0.3) is 0 Å². The molecule has 1 N–H and O–H groups in total. The van der Waals surface area contributed by atoms with Crippen molar-refractivity contribution in [1.29, 1.82) is 0 Å². The molecule has 0 fully saturated rings. The van der Waals surface area contributed by atoms with Crippen molar-refractivity contribution < 1.29 is 18.0 Å². The molecule has 0 aliphatic carbocycles. The third kappa shape index (κ3) is 8.08. The fraction of sp³-hybridized carbons (Fsp3) is 0.355. The highest BCUT2D eigenvalue weighted by atomic mass is 35.5. The molecule has 0 saturated heterocycles. The van der Waals surface area contributed by atoms with Gasteiger partial charge in [-0.1, -0.05) is 73.5 Å². The second-order valence-electron chi connectivity index (χ2n) is 9.87. The summed E-state index contributed by atoms with van der Waals surface area (Å²) >= 11 is 6.08. The second-order valence-corrected chi connectivity index (χ2v) is 12.2. The van der Waals surface area contributed by atoms with Crippen molar-refractivity contribution in [2.24, 2.45) is 0 Å². The van der Waals surface area contributed by atoms with Gasteiger partial charge in [0.05, 0.1) is 10.6 Å². The van der Waals surface area contributed by atoms with Crippen molar-refractivity contribution in [3.63, 3.8) is 0 Å². The summed E-state index contributed by atoms with van der Waals surface area (Å²) in [6.07, 6.45) is 1.65. The fourth-order valence-corrected chi connectivity index (χ4v) is 5.85. The first kappa shape index (κ1) is 31.2. The van der Waals surface area contributed by atoms with Gasteiger partial charge in [-0.3, -0.25) is 13.9 Å². The Hall–Kier alpha value is -3.36. The Balaban J connectivity index is 2.00. The number of hydrogen-bond donors (Lipinski definition) is 1. The van der Waals surface area contributed by atoms with Crippen molar-refractivity contribution in [1.82, 2.24) is 10.2 Å². The number of anilines is 1. The lowest BCUT2D eigenvalue weighted by molar-refractivity contribution is -0.139. The number of rotatable bonds is 13. The Morgan fingerprint density at radius 1 is 0.900 bits per heavy atom. The molecule has 3 aromatic rings.